The van der Waals surface area contributed by atoms with Gasteiger partial charge in [-0.3, -0.25) is 0 Å². The predicted molar refractivity (Wildman–Crippen MR) is 66.1 cm³/mol. The van der Waals surface area contributed by atoms with E-state index in [1.165, 1.54) is 19.2 Å². The molecule has 2 aliphatic rings. The number of aliphatic hydroxyl groups is 1. The summed E-state index contributed by atoms with van der Waals surface area (Å²) >= 11 is 5.89. The summed E-state index contributed by atoms with van der Waals surface area (Å²) in [5.74, 6) is 1.48. The number of rotatable bonds is 2. The number of halogens is 1. The van der Waals surface area contributed by atoms with E-state index in [4.69, 9.17) is 11.6 Å². The quantitative estimate of drug-likeness (QED) is 0.816. The first kappa shape index (κ1) is 11.2. The van der Waals surface area contributed by atoms with Crippen molar-refractivity contribution in [1.82, 2.24) is 9.97 Å². The Bertz CT molecular complexity index is 428. The average molecular weight is 254 g/mol. The summed E-state index contributed by atoms with van der Waals surface area (Å²) in [7, 11) is 0. The molecule has 4 nitrogen and oxygen atoms in total. The molecule has 1 aromatic rings. The standard InChI is InChI=1S/C12H16ClN3O/c13-10-4-11(15-8-14-10)16-5-9-2-1-3-12(9,6-16)7-17/h4,8-9,17H,1-3,5-7H2. The van der Waals surface area contributed by atoms with Crippen molar-refractivity contribution in [1.29, 1.82) is 0 Å². The molecule has 2 heterocycles. The SMILES string of the molecule is OCC12CCCC1CN(c1cc(Cl)ncn1)C2. The summed E-state index contributed by atoms with van der Waals surface area (Å²) in [6.45, 7) is 2.16. The van der Waals surface area contributed by atoms with Gasteiger partial charge in [-0.15, -0.1) is 0 Å². The summed E-state index contributed by atoms with van der Waals surface area (Å²) in [5.41, 5.74) is 0.0947. The first-order valence-electron chi connectivity index (χ1n) is 6.07. The molecule has 0 aromatic carbocycles. The zero-order chi connectivity index (χ0) is 11.9. The minimum atomic E-state index is 0.0947. The van der Waals surface area contributed by atoms with Crippen molar-refractivity contribution < 1.29 is 5.11 Å². The van der Waals surface area contributed by atoms with E-state index >= 15 is 0 Å². The number of anilines is 1. The van der Waals surface area contributed by atoms with E-state index in [1.54, 1.807) is 6.07 Å². The van der Waals surface area contributed by atoms with Crippen molar-refractivity contribution >= 4 is 17.4 Å². The van der Waals surface area contributed by atoms with Crippen LogP contribution in [-0.2, 0) is 0 Å². The van der Waals surface area contributed by atoms with Crippen LogP contribution in [0, 0.1) is 11.3 Å². The van der Waals surface area contributed by atoms with Gasteiger partial charge < -0.3 is 10.0 Å². The molecule has 1 saturated heterocycles. The molecular weight excluding hydrogens is 238 g/mol. The Morgan fingerprint density at radius 3 is 3.12 bits per heavy atom. The molecule has 17 heavy (non-hydrogen) atoms. The summed E-state index contributed by atoms with van der Waals surface area (Å²) in [6, 6.07) is 1.80. The van der Waals surface area contributed by atoms with Gasteiger partial charge in [0.05, 0.1) is 6.61 Å². The van der Waals surface area contributed by atoms with Crippen LogP contribution in [0.15, 0.2) is 12.4 Å². The molecular formula is C12H16ClN3O. The minimum Gasteiger partial charge on any atom is -0.396 e. The monoisotopic (exact) mass is 253 g/mol. The summed E-state index contributed by atoms with van der Waals surface area (Å²) in [4.78, 5) is 10.4. The van der Waals surface area contributed by atoms with Gasteiger partial charge in [0.25, 0.3) is 0 Å². The van der Waals surface area contributed by atoms with Gasteiger partial charge in [0.2, 0.25) is 0 Å². The molecule has 1 N–H and O–H groups in total. The maximum Gasteiger partial charge on any atom is 0.134 e. The smallest absolute Gasteiger partial charge is 0.134 e. The van der Waals surface area contributed by atoms with Crippen molar-refractivity contribution in [2.75, 3.05) is 24.6 Å². The third kappa shape index (κ3) is 1.79. The van der Waals surface area contributed by atoms with Gasteiger partial charge in [-0.1, -0.05) is 18.0 Å². The molecule has 0 radical (unpaired) electrons. The fourth-order valence-corrected chi connectivity index (χ4v) is 3.49. The number of aliphatic hydroxyl groups excluding tert-OH is 1. The van der Waals surface area contributed by atoms with Crippen LogP contribution in [-0.4, -0.2) is 34.8 Å². The fourth-order valence-electron chi connectivity index (χ4n) is 3.34. The van der Waals surface area contributed by atoms with Crippen LogP contribution >= 0.6 is 11.6 Å². The van der Waals surface area contributed by atoms with Crippen molar-refractivity contribution in [3.05, 3.63) is 17.5 Å². The topological polar surface area (TPSA) is 49.2 Å². The molecule has 3 rings (SSSR count). The number of aromatic nitrogens is 2. The molecule has 2 fully saturated rings. The molecule has 2 atom stereocenters. The minimum absolute atomic E-state index is 0.0947. The Kier molecular flexibility index (Phi) is 2.71. The van der Waals surface area contributed by atoms with Gasteiger partial charge in [-0.25, -0.2) is 9.97 Å². The number of hydrogen-bond acceptors (Lipinski definition) is 4. The maximum absolute atomic E-state index is 9.66. The molecule has 0 amide bonds. The zero-order valence-corrected chi connectivity index (χ0v) is 10.4. The second kappa shape index (κ2) is 4.10. The fraction of sp³-hybridized carbons (Fsp3) is 0.667. The first-order chi connectivity index (χ1) is 8.23. The second-order valence-electron chi connectivity index (χ2n) is 5.19. The van der Waals surface area contributed by atoms with E-state index in [-0.39, 0.29) is 12.0 Å². The summed E-state index contributed by atoms with van der Waals surface area (Å²) in [5, 5.41) is 10.1. The van der Waals surface area contributed by atoms with Gasteiger partial charge in [0.1, 0.15) is 17.3 Å². The van der Waals surface area contributed by atoms with Gasteiger partial charge in [0.15, 0.2) is 0 Å². The van der Waals surface area contributed by atoms with Gasteiger partial charge in [-0.2, -0.15) is 0 Å². The van der Waals surface area contributed by atoms with Crippen molar-refractivity contribution in [3.63, 3.8) is 0 Å². The van der Waals surface area contributed by atoms with Crippen LogP contribution in [0.2, 0.25) is 5.15 Å². The van der Waals surface area contributed by atoms with Gasteiger partial charge in [0, 0.05) is 24.6 Å². The van der Waals surface area contributed by atoms with Gasteiger partial charge in [-0.05, 0) is 18.8 Å². The van der Waals surface area contributed by atoms with E-state index < -0.39 is 0 Å². The highest BCUT2D eigenvalue weighted by Crippen LogP contribution is 2.49. The Morgan fingerprint density at radius 2 is 2.41 bits per heavy atom. The Balaban J connectivity index is 1.84. The summed E-state index contributed by atoms with van der Waals surface area (Å²) in [6.07, 6.45) is 5.08. The zero-order valence-electron chi connectivity index (χ0n) is 9.64. The lowest BCUT2D eigenvalue weighted by atomic mass is 9.82. The normalized spacial score (nSPS) is 31.9. The Hall–Kier alpha value is -0.870. The van der Waals surface area contributed by atoms with E-state index in [0.29, 0.717) is 11.1 Å². The summed E-state index contributed by atoms with van der Waals surface area (Å²) < 4.78 is 0. The number of nitrogens with zero attached hydrogens (tertiary/aromatic N) is 3. The molecule has 0 spiro atoms. The first-order valence-corrected chi connectivity index (χ1v) is 6.45. The lowest BCUT2D eigenvalue weighted by Gasteiger charge is -2.26. The van der Waals surface area contributed by atoms with Crippen molar-refractivity contribution in [2.45, 2.75) is 19.3 Å². The second-order valence-corrected chi connectivity index (χ2v) is 5.58. The van der Waals surface area contributed by atoms with Gasteiger partial charge >= 0.3 is 0 Å². The Morgan fingerprint density at radius 1 is 1.53 bits per heavy atom. The average Bonchev–Trinajstić information content (AvgIpc) is 2.85. The lowest BCUT2D eigenvalue weighted by Crippen LogP contribution is -2.31. The number of hydrogen-bond donors (Lipinski definition) is 1. The molecule has 1 saturated carbocycles. The van der Waals surface area contributed by atoms with Crippen LogP contribution in [0.4, 0.5) is 5.82 Å². The largest absolute Gasteiger partial charge is 0.396 e. The highest BCUT2D eigenvalue weighted by Gasteiger charge is 2.49. The molecule has 5 heteroatoms. The van der Waals surface area contributed by atoms with Crippen LogP contribution in [0.5, 0.6) is 0 Å². The Labute approximate surface area is 106 Å². The predicted octanol–water partition coefficient (Wildman–Crippen LogP) is 1.73. The molecule has 1 aliphatic carbocycles. The van der Waals surface area contributed by atoms with Crippen molar-refractivity contribution in [2.24, 2.45) is 11.3 Å². The van der Waals surface area contributed by atoms with Crippen LogP contribution in [0.25, 0.3) is 0 Å². The van der Waals surface area contributed by atoms with Crippen molar-refractivity contribution in [3.8, 4) is 0 Å². The molecule has 1 aromatic heterocycles. The lowest BCUT2D eigenvalue weighted by molar-refractivity contribution is 0.121. The van der Waals surface area contributed by atoms with E-state index in [9.17, 15) is 5.11 Å². The van der Waals surface area contributed by atoms with Crippen LogP contribution < -0.4 is 4.90 Å². The van der Waals surface area contributed by atoms with Crippen LogP contribution in [0.3, 0.4) is 0 Å². The molecule has 92 valence electrons. The van der Waals surface area contributed by atoms with E-state index in [2.05, 4.69) is 14.9 Å². The number of fused-ring (bicyclic) bond motifs is 1. The third-order valence-electron chi connectivity index (χ3n) is 4.30. The molecule has 2 unspecified atom stereocenters. The maximum atomic E-state index is 9.66. The highest BCUT2D eigenvalue weighted by atomic mass is 35.5. The molecule has 1 aliphatic heterocycles. The van der Waals surface area contributed by atoms with E-state index in [0.717, 1.165) is 25.3 Å². The third-order valence-corrected chi connectivity index (χ3v) is 4.50. The highest BCUT2D eigenvalue weighted by molar-refractivity contribution is 6.29. The molecule has 0 bridgehead atoms. The van der Waals surface area contributed by atoms with E-state index in [1.807, 2.05) is 0 Å². The van der Waals surface area contributed by atoms with Crippen LogP contribution in [0.1, 0.15) is 19.3 Å².